The summed E-state index contributed by atoms with van der Waals surface area (Å²) in [5, 5.41) is 2.28. The second-order valence-corrected chi connectivity index (χ2v) is 12.7. The highest BCUT2D eigenvalue weighted by atomic mass is 35.5. The number of nitrogens with zero attached hydrogens (tertiary/aromatic N) is 3. The van der Waals surface area contributed by atoms with Gasteiger partial charge in [0.15, 0.2) is 17.0 Å². The number of nitrogen functional groups attached to an aromatic ring is 1. The summed E-state index contributed by atoms with van der Waals surface area (Å²) in [4.78, 5) is 53.8. The van der Waals surface area contributed by atoms with Crippen LogP contribution in [0.1, 0.15) is 33.4 Å². The normalized spacial score (nSPS) is 23.2. The van der Waals surface area contributed by atoms with Crippen molar-refractivity contribution in [3.8, 4) is 0 Å². The Balaban J connectivity index is 1.73. The zero-order valence-electron chi connectivity index (χ0n) is 22.6. The van der Waals surface area contributed by atoms with Gasteiger partial charge in [-0.2, -0.15) is 9.29 Å². The monoisotopic (exact) mass is 646 g/mol. The molecule has 1 aliphatic heterocycles. The molecule has 0 radical (unpaired) electrons. The first-order valence-corrected chi connectivity index (χ1v) is 15.7. The molecular weight excluding hydrogens is 614 g/mol. The van der Waals surface area contributed by atoms with E-state index < -0.39 is 70.5 Å². The highest BCUT2D eigenvalue weighted by molar-refractivity contribution is 7.61. The molecule has 3 rings (SSSR count). The van der Waals surface area contributed by atoms with Gasteiger partial charge in [-0.3, -0.25) is 28.2 Å². The summed E-state index contributed by atoms with van der Waals surface area (Å²) in [6, 6.07) is 0. The van der Waals surface area contributed by atoms with Gasteiger partial charge in [0.1, 0.15) is 12.1 Å². The molecule has 0 aliphatic carbocycles. The summed E-state index contributed by atoms with van der Waals surface area (Å²) in [6.07, 6.45) is -0.668. The lowest BCUT2D eigenvalue weighted by atomic mass is 9.95. The van der Waals surface area contributed by atoms with E-state index in [0.717, 1.165) is 0 Å². The third kappa shape index (κ3) is 9.27. The van der Waals surface area contributed by atoms with Crippen molar-refractivity contribution in [3.63, 3.8) is 0 Å². The van der Waals surface area contributed by atoms with Gasteiger partial charge in [0.2, 0.25) is 11.9 Å². The minimum absolute atomic E-state index is 0.0260. The van der Waals surface area contributed by atoms with E-state index in [1.807, 2.05) is 0 Å². The molecule has 6 N–H and O–H groups in total. The molecular formula is C20H33ClN6O12P2. The number of ether oxygens (including phenoxy) is 3. The number of hydrogen-bond acceptors (Lipinski definition) is 13. The lowest BCUT2D eigenvalue weighted by molar-refractivity contribution is -0.232. The van der Waals surface area contributed by atoms with Crippen molar-refractivity contribution in [1.82, 2.24) is 24.8 Å². The van der Waals surface area contributed by atoms with Crippen molar-refractivity contribution < 1.29 is 51.3 Å². The maximum absolute atomic E-state index is 12.5. The van der Waals surface area contributed by atoms with Crippen molar-refractivity contribution in [1.29, 1.82) is 0 Å². The number of aromatic nitrogens is 4. The fourth-order valence-corrected chi connectivity index (χ4v) is 6.23. The fourth-order valence-electron chi connectivity index (χ4n) is 4.06. The van der Waals surface area contributed by atoms with Crippen molar-refractivity contribution >= 4 is 50.3 Å². The summed E-state index contributed by atoms with van der Waals surface area (Å²) >= 11 is 5.32. The zero-order valence-corrected chi connectivity index (χ0v) is 25.1. The van der Waals surface area contributed by atoms with Gasteiger partial charge in [-0.25, -0.2) is 14.1 Å². The summed E-state index contributed by atoms with van der Waals surface area (Å²) in [5.74, 6) is -2.49. The third-order valence-corrected chi connectivity index (χ3v) is 8.89. The molecule has 1 amide bonds. The van der Waals surface area contributed by atoms with Gasteiger partial charge in [0.25, 0.3) is 5.56 Å². The summed E-state index contributed by atoms with van der Waals surface area (Å²) < 4.78 is 57.5. The van der Waals surface area contributed by atoms with E-state index in [9.17, 15) is 28.5 Å². The Morgan fingerprint density at radius 3 is 2.71 bits per heavy atom. The molecule has 0 saturated carbocycles. The molecule has 2 aromatic rings. The number of aromatic amines is 1. The number of phosphoric acid groups is 2. The van der Waals surface area contributed by atoms with Crippen LogP contribution < -0.4 is 16.6 Å². The number of nitrogens with one attached hydrogen (secondary N) is 2. The first-order chi connectivity index (χ1) is 19.1. The molecule has 21 heteroatoms. The summed E-state index contributed by atoms with van der Waals surface area (Å²) in [6.45, 7) is 3.83. The van der Waals surface area contributed by atoms with Gasteiger partial charge in [0.05, 0.1) is 31.7 Å². The van der Waals surface area contributed by atoms with Crippen molar-refractivity contribution in [2.24, 2.45) is 5.92 Å². The molecule has 232 valence electrons. The zero-order chi connectivity index (χ0) is 30.6. The van der Waals surface area contributed by atoms with E-state index in [4.69, 9.17) is 36.1 Å². The topological polar surface area (TPSA) is 249 Å². The summed E-state index contributed by atoms with van der Waals surface area (Å²) in [7, 11) is -8.76. The minimum Gasteiger partial charge on any atom is -0.369 e. The van der Waals surface area contributed by atoms with Gasteiger partial charge in [0, 0.05) is 26.0 Å². The predicted octanol–water partition coefficient (Wildman–Crippen LogP) is 0.999. The Bertz CT molecular complexity index is 1370. The largest absolute Gasteiger partial charge is 0.481 e. The van der Waals surface area contributed by atoms with Crippen LogP contribution in [0.2, 0.25) is 0 Å². The number of phosphoric ester groups is 2. The quantitative estimate of drug-likeness (QED) is 0.0783. The number of alkyl halides is 1. The van der Waals surface area contributed by atoms with Crippen LogP contribution in [0.25, 0.3) is 11.2 Å². The molecule has 6 unspecified atom stereocenters. The smallest absolute Gasteiger partial charge is 0.369 e. The van der Waals surface area contributed by atoms with Crippen LogP contribution in [0.4, 0.5) is 5.95 Å². The Morgan fingerprint density at radius 1 is 1.37 bits per heavy atom. The van der Waals surface area contributed by atoms with E-state index in [1.54, 1.807) is 20.8 Å². The average molecular weight is 647 g/mol. The van der Waals surface area contributed by atoms with E-state index in [2.05, 4.69) is 29.1 Å². The molecule has 0 spiro atoms. The first kappa shape index (κ1) is 33.6. The second kappa shape index (κ2) is 13.6. The number of nitrogens with two attached hydrogens (primary N) is 1. The Morgan fingerprint density at radius 2 is 2.05 bits per heavy atom. The number of hydrogen-bond donors (Lipinski definition) is 5. The number of fused-ring (bicyclic) bond motifs is 1. The average Bonchev–Trinajstić information content (AvgIpc) is 3.49. The molecule has 0 bridgehead atoms. The molecule has 3 heterocycles. The number of methoxy groups -OCH3 is 1. The maximum Gasteiger partial charge on any atom is 0.481 e. The summed E-state index contributed by atoms with van der Waals surface area (Å²) in [5.41, 5.74) is 5.32. The van der Waals surface area contributed by atoms with Crippen molar-refractivity contribution in [2.45, 2.75) is 51.4 Å². The molecule has 0 aromatic carbocycles. The van der Waals surface area contributed by atoms with E-state index in [1.165, 1.54) is 18.0 Å². The molecule has 6 atom stereocenters. The molecule has 41 heavy (non-hydrogen) atoms. The van der Waals surface area contributed by atoms with Crippen LogP contribution >= 0.6 is 27.2 Å². The Hall–Kier alpha value is -1.95. The Kier molecular flexibility index (Phi) is 11.1. The van der Waals surface area contributed by atoms with E-state index >= 15 is 0 Å². The second-order valence-electron chi connectivity index (χ2n) is 9.36. The fraction of sp³-hybridized carbons (Fsp3) is 0.700. The molecule has 2 aromatic heterocycles. The van der Waals surface area contributed by atoms with E-state index in [-0.39, 0.29) is 36.0 Å². The third-order valence-electron chi connectivity index (χ3n) is 6.02. The van der Waals surface area contributed by atoms with Gasteiger partial charge in [-0.15, -0.1) is 11.6 Å². The predicted molar refractivity (Wildman–Crippen MR) is 143 cm³/mol. The van der Waals surface area contributed by atoms with Gasteiger partial charge in [-0.05, 0) is 20.8 Å². The van der Waals surface area contributed by atoms with Gasteiger partial charge < -0.3 is 35.0 Å². The number of carbonyl (C=O) groups is 1. The lowest BCUT2D eigenvalue weighted by Crippen LogP contribution is -2.38. The van der Waals surface area contributed by atoms with Crippen LogP contribution in [0.5, 0.6) is 0 Å². The molecule has 1 aliphatic rings. The number of H-pyrrole nitrogens is 1. The standard InChI is InChI=1S/C20H33ClN6O12P2/c1-11(38-20(2,3)34-4)12-7-15(27-10-24-16-17(27)25-19(22)26-18(16)29)37-13(12)9-36-41(32,33)39-40(30,31)35-6-5-23-14(28)8-21/h10-13,15H,5-9H2,1-4H3,(H,23,28)(H,30,31)(H,32,33)(H3,22,25,26,29). The van der Waals surface area contributed by atoms with Crippen LogP contribution in [0.15, 0.2) is 11.1 Å². The lowest BCUT2D eigenvalue weighted by Gasteiger charge is -2.32. The number of amides is 1. The molecule has 1 saturated heterocycles. The van der Waals surface area contributed by atoms with Crippen LogP contribution in [-0.4, -0.2) is 86.0 Å². The number of anilines is 1. The highest BCUT2D eigenvalue weighted by Crippen LogP contribution is 2.60. The number of rotatable bonds is 15. The van der Waals surface area contributed by atoms with Crippen molar-refractivity contribution in [2.75, 3.05) is 38.5 Å². The number of halogens is 1. The number of imidazole rings is 1. The van der Waals surface area contributed by atoms with Crippen LogP contribution in [0, 0.1) is 5.92 Å². The van der Waals surface area contributed by atoms with Gasteiger partial charge in [-0.1, -0.05) is 0 Å². The minimum atomic E-state index is -5.16. The molecule has 1 fully saturated rings. The maximum atomic E-state index is 12.5. The van der Waals surface area contributed by atoms with Crippen LogP contribution in [-0.2, 0) is 41.5 Å². The van der Waals surface area contributed by atoms with Crippen molar-refractivity contribution in [3.05, 3.63) is 16.7 Å². The van der Waals surface area contributed by atoms with Crippen LogP contribution in [0.3, 0.4) is 0 Å². The number of carbonyl (C=O) groups excluding carboxylic acids is 1. The SMILES string of the molecule is COC(C)(C)OC(C)C1CC(n2cnc3c(=O)[nH]c(N)nc32)OC1COP(=O)(O)OP(=O)(O)OCCNC(=O)CCl. The highest BCUT2D eigenvalue weighted by Gasteiger charge is 2.44. The first-order valence-electron chi connectivity index (χ1n) is 12.2. The molecule has 18 nitrogen and oxygen atoms in total. The Labute approximate surface area is 239 Å². The van der Waals surface area contributed by atoms with Gasteiger partial charge >= 0.3 is 15.6 Å². The van der Waals surface area contributed by atoms with E-state index in [0.29, 0.717) is 0 Å².